The van der Waals surface area contributed by atoms with Crippen molar-refractivity contribution in [2.45, 2.75) is 60.8 Å². The van der Waals surface area contributed by atoms with Gasteiger partial charge in [-0.2, -0.15) is 0 Å². The Morgan fingerprint density at radius 2 is 1.29 bits per heavy atom. The van der Waals surface area contributed by atoms with Crippen LogP contribution in [0.4, 0.5) is 0 Å². The topological polar surface area (TPSA) is 54.4 Å². The monoisotopic (exact) mass is 336 g/mol. The summed E-state index contributed by atoms with van der Waals surface area (Å²) in [4.78, 5) is 21.2. The molecule has 10 atom stereocenters. The predicted octanol–water partition coefficient (Wildman–Crippen LogP) is 4.75. The molecule has 0 amide bonds. The van der Waals surface area contributed by atoms with Gasteiger partial charge in [-0.05, 0) is 73.0 Å². The molecule has 3 nitrogen and oxygen atoms in total. The van der Waals surface area contributed by atoms with Gasteiger partial charge in [0.2, 0.25) is 0 Å². The number of hydrogen-bond donors (Lipinski definition) is 1. The van der Waals surface area contributed by atoms with E-state index in [-0.39, 0.29) is 13.3 Å². The third kappa shape index (κ3) is 3.55. The van der Waals surface area contributed by atoms with Crippen molar-refractivity contribution in [1.82, 2.24) is 0 Å². The number of aliphatic carboxylic acids is 1. The van der Waals surface area contributed by atoms with Crippen LogP contribution in [0.15, 0.2) is 0 Å². The maximum atomic E-state index is 10.7. The molecule has 0 aromatic rings. The largest absolute Gasteiger partial charge is 0.481 e. The summed E-state index contributed by atoms with van der Waals surface area (Å²) in [5, 5.41) is 8.81. The Balaban J connectivity index is 0.000000167. The van der Waals surface area contributed by atoms with E-state index >= 15 is 0 Å². The molecule has 4 aliphatic rings. The molecular formula is C21H36O3. The molecule has 6 unspecified atom stereocenters. The van der Waals surface area contributed by atoms with Crippen LogP contribution in [0.1, 0.15) is 60.8 Å². The number of hydrogen-bond acceptors (Lipinski definition) is 2. The number of aldehydes is 1. The summed E-state index contributed by atoms with van der Waals surface area (Å²) in [7, 11) is 0. The Kier molecular flexibility index (Phi) is 5.82. The van der Waals surface area contributed by atoms with E-state index in [9.17, 15) is 9.59 Å². The van der Waals surface area contributed by atoms with E-state index in [1.165, 1.54) is 25.7 Å². The Labute approximate surface area is 147 Å². The third-order valence-corrected chi connectivity index (χ3v) is 7.28. The number of carboxylic acids is 1. The number of carbonyl (C=O) groups is 2. The summed E-state index contributed by atoms with van der Waals surface area (Å²) < 4.78 is 0. The Morgan fingerprint density at radius 3 is 1.62 bits per heavy atom. The van der Waals surface area contributed by atoms with Crippen LogP contribution < -0.4 is 0 Å². The van der Waals surface area contributed by atoms with Gasteiger partial charge in [-0.1, -0.05) is 35.1 Å². The van der Waals surface area contributed by atoms with E-state index in [0.717, 1.165) is 47.7 Å². The first-order valence-electron chi connectivity index (χ1n) is 9.53. The number of carbonyl (C=O) groups excluding carboxylic acids is 1. The van der Waals surface area contributed by atoms with E-state index in [1.54, 1.807) is 0 Å². The first-order valence-corrected chi connectivity index (χ1v) is 9.53. The summed E-state index contributed by atoms with van der Waals surface area (Å²) in [5.41, 5.74) is 0. The maximum Gasteiger partial charge on any atom is 0.306 e. The fourth-order valence-electron chi connectivity index (χ4n) is 6.10. The van der Waals surface area contributed by atoms with E-state index in [4.69, 9.17) is 5.11 Å². The van der Waals surface area contributed by atoms with Crippen molar-refractivity contribution in [3.63, 3.8) is 0 Å². The van der Waals surface area contributed by atoms with Crippen LogP contribution in [0.5, 0.6) is 0 Å². The van der Waals surface area contributed by atoms with Crippen LogP contribution in [0.3, 0.4) is 0 Å². The van der Waals surface area contributed by atoms with Crippen molar-refractivity contribution < 1.29 is 14.7 Å². The second kappa shape index (κ2) is 7.17. The van der Waals surface area contributed by atoms with Crippen molar-refractivity contribution in [1.29, 1.82) is 0 Å². The standard InChI is InChI=1S/C10H16O2.C10H16O.CH4/c1-5-3-7-8(4-5)9(7)6(2)10(11)12;1-6-3-8-9(4-6)10(8)7(2)5-11;/h5-9H,3-4H2,1-2H3,(H,11,12);5-10H,3-4H2,1-2H3;1H4/t5?,6?,7-,8+,9?;6?,7?,8-,9+,10?;. The van der Waals surface area contributed by atoms with E-state index in [1.807, 2.05) is 6.92 Å². The quantitative estimate of drug-likeness (QED) is 0.754. The smallest absolute Gasteiger partial charge is 0.306 e. The highest BCUT2D eigenvalue weighted by Gasteiger charge is 2.58. The van der Waals surface area contributed by atoms with E-state index < -0.39 is 5.97 Å². The minimum atomic E-state index is -0.609. The van der Waals surface area contributed by atoms with Crippen LogP contribution in [0, 0.1) is 59.2 Å². The average molecular weight is 337 g/mol. The Hall–Kier alpha value is -0.860. The molecule has 0 aliphatic heterocycles. The second-order valence-electron chi connectivity index (χ2n) is 9.09. The molecule has 4 aliphatic carbocycles. The highest BCUT2D eigenvalue weighted by molar-refractivity contribution is 5.70. The SMILES string of the molecule is C.CC1C[C@@H]2C(C(C)C(=O)O)[C@@H]2C1.CC1C[C@@H]2C(C(C)C=O)[C@@H]2C1. The summed E-state index contributed by atoms with van der Waals surface area (Å²) in [5.74, 6) is 6.03. The third-order valence-electron chi connectivity index (χ3n) is 7.28. The Morgan fingerprint density at radius 1 is 0.917 bits per heavy atom. The van der Waals surface area contributed by atoms with Crippen LogP contribution in [-0.4, -0.2) is 17.4 Å². The van der Waals surface area contributed by atoms with Crippen LogP contribution in [0.2, 0.25) is 0 Å². The predicted molar refractivity (Wildman–Crippen MR) is 96.5 cm³/mol. The van der Waals surface area contributed by atoms with Crippen molar-refractivity contribution >= 4 is 12.3 Å². The van der Waals surface area contributed by atoms with Gasteiger partial charge in [-0.25, -0.2) is 0 Å². The summed E-state index contributed by atoms with van der Waals surface area (Å²) in [6.45, 7) is 8.53. The molecule has 0 bridgehead atoms. The van der Waals surface area contributed by atoms with Crippen LogP contribution in [-0.2, 0) is 9.59 Å². The molecule has 0 aromatic carbocycles. The molecule has 0 saturated heterocycles. The van der Waals surface area contributed by atoms with Crippen LogP contribution in [0.25, 0.3) is 0 Å². The van der Waals surface area contributed by atoms with Gasteiger partial charge in [0.1, 0.15) is 6.29 Å². The molecule has 4 fully saturated rings. The lowest BCUT2D eigenvalue weighted by atomic mass is 9.95. The normalized spacial score (nSPS) is 46.3. The molecule has 0 heterocycles. The van der Waals surface area contributed by atoms with E-state index in [2.05, 4.69) is 20.8 Å². The first kappa shape index (κ1) is 19.5. The molecule has 4 saturated carbocycles. The van der Waals surface area contributed by atoms with Gasteiger partial charge in [-0.15, -0.1) is 0 Å². The second-order valence-corrected chi connectivity index (χ2v) is 9.09. The van der Waals surface area contributed by atoms with Gasteiger partial charge in [0.05, 0.1) is 5.92 Å². The van der Waals surface area contributed by atoms with Gasteiger partial charge >= 0.3 is 5.97 Å². The lowest BCUT2D eigenvalue weighted by Crippen LogP contribution is -2.15. The molecule has 4 rings (SSSR count). The summed E-state index contributed by atoms with van der Waals surface area (Å²) in [6, 6.07) is 0. The number of rotatable bonds is 4. The van der Waals surface area contributed by atoms with Gasteiger partial charge in [0.25, 0.3) is 0 Å². The first-order chi connectivity index (χ1) is 10.8. The molecule has 3 heteroatoms. The highest BCUT2D eigenvalue weighted by atomic mass is 16.4. The van der Waals surface area contributed by atoms with Crippen LogP contribution >= 0.6 is 0 Å². The van der Waals surface area contributed by atoms with Gasteiger partial charge in [-0.3, -0.25) is 4.79 Å². The van der Waals surface area contributed by atoms with Crippen molar-refractivity contribution in [2.75, 3.05) is 0 Å². The lowest BCUT2D eigenvalue weighted by Gasteiger charge is -2.11. The molecule has 0 spiro atoms. The highest BCUT2D eigenvalue weighted by Crippen LogP contribution is 2.62. The average Bonchev–Trinajstić information content (AvgIpc) is 3.22. The zero-order valence-electron chi connectivity index (χ0n) is 14.9. The van der Waals surface area contributed by atoms with Gasteiger partial charge in [0.15, 0.2) is 0 Å². The molecule has 0 radical (unpaired) electrons. The summed E-state index contributed by atoms with van der Waals surface area (Å²) >= 11 is 0. The minimum Gasteiger partial charge on any atom is -0.481 e. The summed E-state index contributed by atoms with van der Waals surface area (Å²) in [6.07, 6.45) is 6.44. The van der Waals surface area contributed by atoms with Gasteiger partial charge < -0.3 is 9.90 Å². The molecule has 1 N–H and O–H groups in total. The minimum absolute atomic E-state index is 0. The molecule has 24 heavy (non-hydrogen) atoms. The van der Waals surface area contributed by atoms with Crippen molar-refractivity contribution in [3.8, 4) is 0 Å². The van der Waals surface area contributed by atoms with Crippen molar-refractivity contribution in [3.05, 3.63) is 0 Å². The van der Waals surface area contributed by atoms with Crippen molar-refractivity contribution in [2.24, 2.45) is 59.2 Å². The number of fused-ring (bicyclic) bond motifs is 2. The maximum absolute atomic E-state index is 10.7. The lowest BCUT2D eigenvalue weighted by molar-refractivity contribution is -0.142. The zero-order chi connectivity index (χ0) is 16.9. The fraction of sp³-hybridized carbons (Fsp3) is 0.905. The molecule has 138 valence electrons. The molecular weight excluding hydrogens is 300 g/mol. The molecule has 0 aromatic heterocycles. The Bertz CT molecular complexity index is 450. The fourth-order valence-corrected chi connectivity index (χ4v) is 6.10. The zero-order valence-corrected chi connectivity index (χ0v) is 14.9. The van der Waals surface area contributed by atoms with E-state index in [0.29, 0.717) is 11.8 Å². The number of carboxylic acid groups (broad SMARTS) is 1. The van der Waals surface area contributed by atoms with Gasteiger partial charge in [0, 0.05) is 5.92 Å².